The molecule has 0 aliphatic carbocycles. The summed E-state index contributed by atoms with van der Waals surface area (Å²) < 4.78 is 24.3. The van der Waals surface area contributed by atoms with Crippen molar-refractivity contribution in [1.82, 2.24) is 24.7 Å². The van der Waals surface area contributed by atoms with Crippen LogP contribution >= 0.6 is 0 Å². The highest BCUT2D eigenvalue weighted by molar-refractivity contribution is 7.89. The first kappa shape index (κ1) is 12.6. The molecule has 9 heteroatoms. The Morgan fingerprint density at radius 3 is 2.33 bits per heavy atom. The second kappa shape index (κ2) is 4.42. The summed E-state index contributed by atoms with van der Waals surface area (Å²) in [5.74, 6) is 0.370. The van der Waals surface area contributed by atoms with E-state index >= 15 is 0 Å². The third-order valence-electron chi connectivity index (χ3n) is 2.25. The molecule has 0 aromatic carbocycles. The van der Waals surface area contributed by atoms with Crippen molar-refractivity contribution >= 4 is 10.0 Å². The van der Waals surface area contributed by atoms with Gasteiger partial charge in [-0.25, -0.2) is 23.5 Å². The van der Waals surface area contributed by atoms with E-state index in [2.05, 4.69) is 20.2 Å². The fourth-order valence-electron chi connectivity index (χ4n) is 1.55. The lowest BCUT2D eigenvalue weighted by atomic mass is 10.3. The van der Waals surface area contributed by atoms with Crippen LogP contribution in [0.3, 0.4) is 0 Å². The normalized spacial score (nSPS) is 12.0. The summed E-state index contributed by atoms with van der Waals surface area (Å²) >= 11 is 0. The molecule has 0 amide bonds. The number of primary sulfonamides is 1. The molecule has 0 bridgehead atoms. The van der Waals surface area contributed by atoms with E-state index in [0.29, 0.717) is 11.4 Å². The van der Waals surface area contributed by atoms with Gasteiger partial charge in [0.05, 0.1) is 5.56 Å². The third kappa shape index (κ3) is 2.22. The summed E-state index contributed by atoms with van der Waals surface area (Å²) in [6.07, 6.45) is 4.44. The highest BCUT2D eigenvalue weighted by atomic mass is 32.2. The molecular formula is C9H12N6O2S. The van der Waals surface area contributed by atoms with Gasteiger partial charge in [0.2, 0.25) is 0 Å². The lowest BCUT2D eigenvalue weighted by Gasteiger charge is -2.12. The largest absolute Gasteiger partial charge is 0.294 e. The molecule has 2 rings (SSSR count). The lowest BCUT2D eigenvalue weighted by molar-refractivity contribution is 0.524. The Morgan fingerprint density at radius 1 is 1.22 bits per heavy atom. The minimum atomic E-state index is -3.92. The molecule has 8 nitrogen and oxygen atoms in total. The molecule has 0 saturated heterocycles. The number of hydrogen-bond donors (Lipinski definition) is 1. The first-order chi connectivity index (χ1) is 8.41. The zero-order valence-corrected chi connectivity index (χ0v) is 10.7. The lowest BCUT2D eigenvalue weighted by Crippen LogP contribution is -2.20. The first-order valence-electron chi connectivity index (χ1n) is 5.14. The third-order valence-corrected chi connectivity index (χ3v) is 3.04. The Hall–Kier alpha value is -1.87. The van der Waals surface area contributed by atoms with E-state index in [-0.39, 0.29) is 11.2 Å². The van der Waals surface area contributed by atoms with Gasteiger partial charge in [0.1, 0.15) is 6.33 Å². The van der Waals surface area contributed by atoms with E-state index in [0.717, 1.165) is 0 Å². The Balaban J connectivity index is 2.68. The maximum atomic E-state index is 11.4. The minimum absolute atomic E-state index is 0.163. The highest BCUT2D eigenvalue weighted by Crippen LogP contribution is 2.22. The van der Waals surface area contributed by atoms with Gasteiger partial charge in [-0.05, 0) is 13.8 Å². The molecule has 0 spiro atoms. The van der Waals surface area contributed by atoms with Gasteiger partial charge in [-0.1, -0.05) is 0 Å². The van der Waals surface area contributed by atoms with Gasteiger partial charge >= 0.3 is 0 Å². The van der Waals surface area contributed by atoms with Gasteiger partial charge < -0.3 is 0 Å². The highest BCUT2D eigenvalue weighted by Gasteiger charge is 2.23. The number of sulfonamides is 1. The van der Waals surface area contributed by atoms with Crippen LogP contribution in [0.5, 0.6) is 0 Å². The molecule has 2 aromatic heterocycles. The monoisotopic (exact) mass is 268 g/mol. The number of nitrogens with two attached hydrogens (primary N) is 1. The van der Waals surface area contributed by atoms with Crippen molar-refractivity contribution in [2.24, 2.45) is 5.14 Å². The van der Waals surface area contributed by atoms with E-state index in [1.165, 1.54) is 23.3 Å². The Bertz CT molecular complexity index is 649. The maximum absolute atomic E-state index is 11.4. The van der Waals surface area contributed by atoms with Gasteiger partial charge in [-0.3, -0.25) is 4.57 Å². The summed E-state index contributed by atoms with van der Waals surface area (Å²) in [5, 5.41) is 12.3. The summed E-state index contributed by atoms with van der Waals surface area (Å²) in [4.78, 5) is 7.72. The second-order valence-electron chi connectivity index (χ2n) is 3.94. The van der Waals surface area contributed by atoms with Crippen molar-refractivity contribution < 1.29 is 8.42 Å². The van der Waals surface area contributed by atoms with Crippen LogP contribution in [0, 0.1) is 0 Å². The van der Waals surface area contributed by atoms with Crippen molar-refractivity contribution in [3.8, 4) is 11.4 Å². The van der Waals surface area contributed by atoms with Crippen LogP contribution in [0.25, 0.3) is 11.4 Å². The summed E-state index contributed by atoms with van der Waals surface area (Å²) in [7, 11) is -3.92. The Morgan fingerprint density at radius 2 is 1.83 bits per heavy atom. The zero-order chi connectivity index (χ0) is 13.3. The predicted molar refractivity (Wildman–Crippen MR) is 62.8 cm³/mol. The smallest absolute Gasteiger partial charge is 0.273 e. The van der Waals surface area contributed by atoms with E-state index in [1.54, 1.807) is 0 Å². The number of nitrogens with zero attached hydrogens (tertiary/aromatic N) is 5. The predicted octanol–water partition coefficient (Wildman–Crippen LogP) is -0.0366. The van der Waals surface area contributed by atoms with Crippen LogP contribution in [-0.2, 0) is 10.0 Å². The molecule has 0 fully saturated rings. The van der Waals surface area contributed by atoms with Crippen molar-refractivity contribution in [3.63, 3.8) is 0 Å². The quantitative estimate of drug-likeness (QED) is 0.835. The van der Waals surface area contributed by atoms with Gasteiger partial charge in [-0.2, -0.15) is 0 Å². The summed E-state index contributed by atoms with van der Waals surface area (Å²) in [6.45, 7) is 3.62. The molecular weight excluding hydrogens is 256 g/mol. The zero-order valence-electron chi connectivity index (χ0n) is 9.85. The van der Waals surface area contributed by atoms with Crippen LogP contribution in [0.2, 0.25) is 0 Å². The van der Waals surface area contributed by atoms with Gasteiger partial charge in [0.15, 0.2) is 5.82 Å². The number of hydrogen-bond acceptors (Lipinski definition) is 6. The minimum Gasteiger partial charge on any atom is -0.294 e. The van der Waals surface area contributed by atoms with Crippen LogP contribution in [0.1, 0.15) is 19.9 Å². The fourth-order valence-corrected chi connectivity index (χ4v) is 2.27. The molecule has 0 aliphatic rings. The molecule has 2 heterocycles. The second-order valence-corrected chi connectivity index (χ2v) is 5.40. The molecule has 2 N–H and O–H groups in total. The summed E-state index contributed by atoms with van der Waals surface area (Å²) in [6, 6.07) is -0.163. The number of aromatic nitrogens is 5. The standard InChI is InChI=1S/C9H12N6O2S/c1-6(2)15-8(7-3-11-5-12-4-7)13-14-9(15)18(10,16)17/h3-6H,1-2H3,(H2,10,16,17). The molecule has 0 radical (unpaired) electrons. The molecule has 0 aliphatic heterocycles. The SMILES string of the molecule is CC(C)n1c(-c2cncnc2)nnc1S(N)(=O)=O. The van der Waals surface area contributed by atoms with Gasteiger partial charge in [-0.15, -0.1) is 10.2 Å². The van der Waals surface area contributed by atoms with Crippen LogP contribution in [0.4, 0.5) is 0 Å². The molecule has 2 aromatic rings. The van der Waals surface area contributed by atoms with Crippen molar-refractivity contribution in [2.45, 2.75) is 25.0 Å². The van der Waals surface area contributed by atoms with Crippen LogP contribution in [-0.4, -0.2) is 33.2 Å². The Labute approximate surface area is 104 Å². The van der Waals surface area contributed by atoms with E-state index in [1.807, 2.05) is 13.8 Å². The van der Waals surface area contributed by atoms with Crippen molar-refractivity contribution in [3.05, 3.63) is 18.7 Å². The molecule has 18 heavy (non-hydrogen) atoms. The number of rotatable bonds is 3. The fraction of sp³-hybridized carbons (Fsp3) is 0.333. The Kier molecular flexibility index (Phi) is 3.09. The van der Waals surface area contributed by atoms with Crippen molar-refractivity contribution in [1.29, 1.82) is 0 Å². The van der Waals surface area contributed by atoms with E-state index in [9.17, 15) is 8.42 Å². The summed E-state index contributed by atoms with van der Waals surface area (Å²) in [5.41, 5.74) is 0.577. The average molecular weight is 268 g/mol. The van der Waals surface area contributed by atoms with Crippen LogP contribution < -0.4 is 5.14 Å². The molecule has 0 saturated carbocycles. The molecule has 96 valence electrons. The average Bonchev–Trinajstić information content (AvgIpc) is 2.74. The van der Waals surface area contributed by atoms with Gasteiger partial charge in [0, 0.05) is 18.4 Å². The molecule has 0 unspecified atom stereocenters. The van der Waals surface area contributed by atoms with Gasteiger partial charge in [0.25, 0.3) is 15.2 Å². The van der Waals surface area contributed by atoms with E-state index in [4.69, 9.17) is 5.14 Å². The van der Waals surface area contributed by atoms with Crippen molar-refractivity contribution in [2.75, 3.05) is 0 Å². The first-order valence-corrected chi connectivity index (χ1v) is 6.69. The van der Waals surface area contributed by atoms with Crippen LogP contribution in [0.15, 0.2) is 23.9 Å². The van der Waals surface area contributed by atoms with E-state index < -0.39 is 10.0 Å². The maximum Gasteiger partial charge on any atom is 0.273 e. The topological polar surface area (TPSA) is 117 Å². The molecule has 0 atom stereocenters.